The number of halogens is 3. The van der Waals surface area contributed by atoms with Crippen molar-refractivity contribution in [3.8, 4) is 0 Å². The van der Waals surface area contributed by atoms with E-state index < -0.39 is 10.0 Å². The van der Waals surface area contributed by atoms with Crippen LogP contribution < -0.4 is 5.32 Å². The second-order valence-corrected chi connectivity index (χ2v) is 11.7. The van der Waals surface area contributed by atoms with Crippen LogP contribution in [0.2, 0.25) is 10.0 Å². The summed E-state index contributed by atoms with van der Waals surface area (Å²) in [5, 5.41) is 3.70. The van der Waals surface area contributed by atoms with Gasteiger partial charge in [0.15, 0.2) is 0 Å². The van der Waals surface area contributed by atoms with Crippen molar-refractivity contribution in [2.75, 3.05) is 6.54 Å². The second kappa shape index (κ2) is 12.2. The highest BCUT2D eigenvalue weighted by atomic mass is 79.9. The molecule has 1 amide bonds. The molecule has 0 radical (unpaired) electrons. The molecule has 0 saturated carbocycles. The Morgan fingerprint density at radius 1 is 1.03 bits per heavy atom. The number of sulfonamides is 1. The zero-order valence-corrected chi connectivity index (χ0v) is 22.5. The number of nitrogens with zero attached hydrogens (tertiary/aromatic N) is 1. The zero-order valence-electron chi connectivity index (χ0n) is 18.5. The zero-order chi connectivity index (χ0) is 24.7. The Balaban J connectivity index is 1.75. The maximum absolute atomic E-state index is 13.4. The van der Waals surface area contributed by atoms with E-state index in [2.05, 4.69) is 21.2 Å². The number of benzene rings is 3. The fraction of sp³-hybridized carbons (Fsp3) is 0.240. The van der Waals surface area contributed by atoms with Gasteiger partial charge in [-0.15, -0.1) is 0 Å². The number of carbonyl (C=O) groups excluding carboxylic acids is 1. The van der Waals surface area contributed by atoms with Gasteiger partial charge < -0.3 is 5.32 Å². The van der Waals surface area contributed by atoms with E-state index in [-0.39, 0.29) is 29.9 Å². The number of nitrogens with one attached hydrogen (secondary N) is 1. The molecule has 0 fully saturated rings. The van der Waals surface area contributed by atoms with Crippen LogP contribution in [0.1, 0.15) is 24.5 Å². The molecule has 3 aromatic rings. The van der Waals surface area contributed by atoms with E-state index in [9.17, 15) is 13.2 Å². The summed E-state index contributed by atoms with van der Waals surface area (Å²) >= 11 is 15.6. The van der Waals surface area contributed by atoms with Gasteiger partial charge in [0.1, 0.15) is 0 Å². The highest BCUT2D eigenvalue weighted by Gasteiger charge is 2.28. The van der Waals surface area contributed by atoms with Gasteiger partial charge in [-0.05, 0) is 67.3 Å². The normalized spacial score (nSPS) is 12.5. The topological polar surface area (TPSA) is 66.5 Å². The smallest absolute Gasteiger partial charge is 0.243 e. The minimum absolute atomic E-state index is 0.0692. The van der Waals surface area contributed by atoms with Gasteiger partial charge in [0.25, 0.3) is 0 Å². The first-order chi connectivity index (χ1) is 16.1. The molecule has 0 spiro atoms. The molecule has 0 aliphatic carbocycles. The SMILES string of the molecule is C[C@@H](CCc1ccccc1)NC(=O)CN(Cc1ccc(Cl)cc1Cl)S(=O)(=O)c1ccc(Br)cc1. The van der Waals surface area contributed by atoms with Crippen molar-refractivity contribution in [1.82, 2.24) is 9.62 Å². The molecule has 3 rings (SSSR count). The number of rotatable bonds is 10. The lowest BCUT2D eigenvalue weighted by Gasteiger charge is -2.24. The third-order valence-electron chi connectivity index (χ3n) is 5.25. The molecule has 34 heavy (non-hydrogen) atoms. The predicted molar refractivity (Wildman–Crippen MR) is 141 cm³/mol. The summed E-state index contributed by atoms with van der Waals surface area (Å²) in [7, 11) is -3.97. The molecular formula is C25H25BrCl2N2O3S. The van der Waals surface area contributed by atoms with E-state index in [0.29, 0.717) is 15.6 Å². The second-order valence-electron chi connectivity index (χ2n) is 7.96. The molecule has 1 atom stereocenters. The maximum atomic E-state index is 13.4. The van der Waals surface area contributed by atoms with E-state index in [4.69, 9.17) is 23.2 Å². The number of carbonyl (C=O) groups is 1. The first-order valence-corrected chi connectivity index (χ1v) is 13.7. The van der Waals surface area contributed by atoms with E-state index >= 15 is 0 Å². The summed E-state index contributed by atoms with van der Waals surface area (Å²) in [4.78, 5) is 12.9. The Morgan fingerprint density at radius 3 is 2.35 bits per heavy atom. The Labute approximate surface area is 219 Å². The summed E-state index contributed by atoms with van der Waals surface area (Å²) in [6.45, 7) is 1.50. The molecule has 0 heterocycles. The number of hydrogen-bond donors (Lipinski definition) is 1. The molecule has 1 N–H and O–H groups in total. The number of aryl methyl sites for hydroxylation is 1. The average molecular weight is 584 g/mol. The van der Waals surface area contributed by atoms with Gasteiger partial charge in [-0.2, -0.15) is 4.31 Å². The summed E-state index contributed by atoms with van der Waals surface area (Å²) < 4.78 is 28.7. The van der Waals surface area contributed by atoms with E-state index in [1.54, 1.807) is 30.3 Å². The Kier molecular flexibility index (Phi) is 9.56. The molecule has 0 aliphatic heterocycles. The molecule has 0 bridgehead atoms. The lowest BCUT2D eigenvalue weighted by Crippen LogP contribution is -2.43. The molecule has 3 aromatic carbocycles. The minimum atomic E-state index is -3.97. The third kappa shape index (κ3) is 7.55. The van der Waals surface area contributed by atoms with Crippen molar-refractivity contribution in [2.24, 2.45) is 0 Å². The van der Waals surface area contributed by atoms with Crippen LogP contribution in [0, 0.1) is 0 Å². The Bertz CT molecular complexity index is 1220. The van der Waals surface area contributed by atoms with Crippen LogP contribution in [0.5, 0.6) is 0 Å². The van der Waals surface area contributed by atoms with Gasteiger partial charge in [-0.1, -0.05) is 75.5 Å². The van der Waals surface area contributed by atoms with E-state index in [0.717, 1.165) is 21.6 Å². The van der Waals surface area contributed by atoms with Crippen molar-refractivity contribution in [3.05, 3.63) is 98.4 Å². The van der Waals surface area contributed by atoms with Gasteiger partial charge in [-0.3, -0.25) is 4.79 Å². The summed E-state index contributed by atoms with van der Waals surface area (Å²) in [6, 6.07) is 21.0. The highest BCUT2D eigenvalue weighted by molar-refractivity contribution is 9.10. The molecule has 0 aromatic heterocycles. The molecule has 9 heteroatoms. The van der Waals surface area contributed by atoms with Crippen LogP contribution in [0.25, 0.3) is 0 Å². The van der Waals surface area contributed by atoms with Crippen LogP contribution in [0.15, 0.2) is 82.2 Å². The first-order valence-electron chi connectivity index (χ1n) is 10.7. The predicted octanol–water partition coefficient (Wildman–Crippen LogP) is 6.08. The number of amides is 1. The van der Waals surface area contributed by atoms with Crippen LogP contribution in [0.4, 0.5) is 0 Å². The van der Waals surface area contributed by atoms with Gasteiger partial charge in [0, 0.05) is 27.1 Å². The van der Waals surface area contributed by atoms with Gasteiger partial charge in [0.05, 0.1) is 11.4 Å². The quantitative estimate of drug-likeness (QED) is 0.314. The van der Waals surface area contributed by atoms with E-state index in [1.807, 2.05) is 37.3 Å². The van der Waals surface area contributed by atoms with Crippen molar-refractivity contribution < 1.29 is 13.2 Å². The fourth-order valence-corrected chi connectivity index (χ4v) is 5.51. The molecule has 0 saturated heterocycles. The Hall–Kier alpha value is -1.90. The van der Waals surface area contributed by atoms with Crippen molar-refractivity contribution in [1.29, 1.82) is 0 Å². The molecule has 180 valence electrons. The Morgan fingerprint density at radius 2 is 1.71 bits per heavy atom. The third-order valence-corrected chi connectivity index (χ3v) is 8.17. The van der Waals surface area contributed by atoms with Crippen molar-refractivity contribution in [2.45, 2.75) is 37.2 Å². The van der Waals surface area contributed by atoms with Crippen LogP contribution in [-0.4, -0.2) is 31.2 Å². The molecule has 0 unspecified atom stereocenters. The summed E-state index contributed by atoms with van der Waals surface area (Å²) in [5.74, 6) is -0.383. The molecular weight excluding hydrogens is 559 g/mol. The lowest BCUT2D eigenvalue weighted by molar-refractivity contribution is -0.122. The van der Waals surface area contributed by atoms with Crippen LogP contribution >= 0.6 is 39.1 Å². The van der Waals surface area contributed by atoms with Crippen LogP contribution in [0.3, 0.4) is 0 Å². The summed E-state index contributed by atoms with van der Waals surface area (Å²) in [6.07, 6.45) is 1.54. The molecule has 5 nitrogen and oxygen atoms in total. The highest BCUT2D eigenvalue weighted by Crippen LogP contribution is 2.26. The standard InChI is InChI=1S/C25H25BrCl2N2O3S/c1-18(7-8-19-5-3-2-4-6-19)29-25(31)17-30(16-20-9-12-22(27)15-24(20)28)34(32,33)23-13-10-21(26)11-14-23/h2-6,9-15,18H,7-8,16-17H2,1H3,(H,29,31)/t18-/m0/s1. The number of hydrogen-bond acceptors (Lipinski definition) is 3. The van der Waals surface area contributed by atoms with Crippen molar-refractivity contribution >= 4 is 55.1 Å². The lowest BCUT2D eigenvalue weighted by atomic mass is 10.1. The molecule has 0 aliphatic rings. The first kappa shape index (κ1) is 26.7. The maximum Gasteiger partial charge on any atom is 0.243 e. The minimum Gasteiger partial charge on any atom is -0.352 e. The largest absolute Gasteiger partial charge is 0.352 e. The van der Waals surface area contributed by atoms with E-state index in [1.165, 1.54) is 17.7 Å². The van der Waals surface area contributed by atoms with Gasteiger partial charge in [-0.25, -0.2) is 8.42 Å². The summed E-state index contributed by atoms with van der Waals surface area (Å²) in [5.41, 5.74) is 1.73. The van der Waals surface area contributed by atoms with Gasteiger partial charge in [0.2, 0.25) is 15.9 Å². The monoisotopic (exact) mass is 582 g/mol. The van der Waals surface area contributed by atoms with Crippen molar-refractivity contribution in [3.63, 3.8) is 0 Å². The van der Waals surface area contributed by atoms with Gasteiger partial charge >= 0.3 is 0 Å². The fourth-order valence-electron chi connectivity index (χ4n) is 3.40. The average Bonchev–Trinajstić information content (AvgIpc) is 2.80. The van der Waals surface area contributed by atoms with Crippen LogP contribution in [-0.2, 0) is 27.8 Å².